The minimum absolute atomic E-state index is 0.551. The average Bonchev–Trinajstić information content (AvgIpc) is 2.41. The van der Waals surface area contributed by atoms with Crippen LogP contribution >= 0.6 is 0 Å². The monoisotopic (exact) mass is 259 g/mol. The second-order valence-corrected chi connectivity index (χ2v) is 4.63. The third-order valence-corrected chi connectivity index (χ3v) is 3.03. The van der Waals surface area contributed by atoms with Crippen LogP contribution in [0.5, 0.6) is 0 Å². The molecule has 0 bridgehead atoms. The molecular formula is C16H25N3. The minimum atomic E-state index is 0.551. The summed E-state index contributed by atoms with van der Waals surface area (Å²) in [4.78, 5) is 4.17. The highest BCUT2D eigenvalue weighted by Gasteiger charge is 2.09. The molecule has 3 heteroatoms. The normalized spacial score (nSPS) is 10.8. The van der Waals surface area contributed by atoms with E-state index in [1.807, 2.05) is 19.1 Å². The zero-order valence-corrected chi connectivity index (χ0v) is 12.1. The Morgan fingerprint density at radius 2 is 2.26 bits per heavy atom. The number of hydrogen-bond acceptors (Lipinski definition) is 3. The number of allylic oxidation sites excluding steroid dienone is 3. The second-order valence-electron chi connectivity index (χ2n) is 4.63. The van der Waals surface area contributed by atoms with Crippen LogP contribution in [0.4, 0.5) is 11.5 Å². The van der Waals surface area contributed by atoms with Gasteiger partial charge in [-0.2, -0.15) is 0 Å². The largest absolute Gasteiger partial charge is 0.384 e. The maximum absolute atomic E-state index is 5.99. The summed E-state index contributed by atoms with van der Waals surface area (Å²) in [6, 6.07) is 1.97. The Morgan fingerprint density at radius 1 is 1.47 bits per heavy atom. The van der Waals surface area contributed by atoms with E-state index in [1.54, 1.807) is 6.20 Å². The lowest BCUT2D eigenvalue weighted by atomic mass is 10.0. The molecular weight excluding hydrogens is 234 g/mol. The van der Waals surface area contributed by atoms with Gasteiger partial charge < -0.3 is 11.1 Å². The standard InChI is InChI=1S/C16H25N3/c1-4-6-8-11-18-14-10-12-19-16(17)15(14)13(3)9-7-5-2/h5,7,10,12H,3-4,6,8-9,11H2,1-2H3,(H3,17,18,19). The van der Waals surface area contributed by atoms with E-state index in [4.69, 9.17) is 5.73 Å². The first-order valence-electron chi connectivity index (χ1n) is 6.98. The zero-order chi connectivity index (χ0) is 14.1. The minimum Gasteiger partial charge on any atom is -0.384 e. The lowest BCUT2D eigenvalue weighted by Crippen LogP contribution is -2.07. The van der Waals surface area contributed by atoms with Crippen molar-refractivity contribution in [2.24, 2.45) is 0 Å². The highest BCUT2D eigenvalue weighted by molar-refractivity contribution is 5.82. The highest BCUT2D eigenvalue weighted by atomic mass is 14.9. The molecule has 3 N–H and O–H groups in total. The molecule has 0 atom stereocenters. The van der Waals surface area contributed by atoms with Crippen molar-refractivity contribution in [3.63, 3.8) is 0 Å². The molecule has 0 spiro atoms. The van der Waals surface area contributed by atoms with E-state index in [9.17, 15) is 0 Å². The van der Waals surface area contributed by atoms with E-state index < -0.39 is 0 Å². The first-order chi connectivity index (χ1) is 9.20. The third-order valence-electron chi connectivity index (χ3n) is 3.03. The van der Waals surface area contributed by atoms with E-state index in [-0.39, 0.29) is 0 Å². The zero-order valence-electron chi connectivity index (χ0n) is 12.1. The highest BCUT2D eigenvalue weighted by Crippen LogP contribution is 2.29. The van der Waals surface area contributed by atoms with Crippen LogP contribution in [-0.4, -0.2) is 11.5 Å². The Morgan fingerprint density at radius 3 is 2.95 bits per heavy atom. The molecule has 19 heavy (non-hydrogen) atoms. The van der Waals surface area contributed by atoms with Gasteiger partial charge in [0.15, 0.2) is 0 Å². The average molecular weight is 259 g/mol. The topological polar surface area (TPSA) is 50.9 Å². The SMILES string of the molecule is C=C(CC=CC)c1c(NCCCCC)ccnc1N. The van der Waals surface area contributed by atoms with Crippen LogP contribution in [0.1, 0.15) is 45.1 Å². The van der Waals surface area contributed by atoms with Crippen molar-refractivity contribution in [3.05, 3.63) is 36.6 Å². The summed E-state index contributed by atoms with van der Waals surface area (Å²) in [5.41, 5.74) is 8.99. The molecule has 0 aromatic carbocycles. The quantitative estimate of drug-likeness (QED) is 0.542. The summed E-state index contributed by atoms with van der Waals surface area (Å²) >= 11 is 0. The van der Waals surface area contributed by atoms with Crippen LogP contribution in [0.15, 0.2) is 31.0 Å². The van der Waals surface area contributed by atoms with E-state index in [0.29, 0.717) is 5.82 Å². The number of pyridine rings is 1. The Bertz CT molecular complexity index is 436. The molecule has 1 aromatic rings. The third kappa shape index (κ3) is 4.78. The molecule has 0 fully saturated rings. The van der Waals surface area contributed by atoms with Gasteiger partial charge >= 0.3 is 0 Å². The molecule has 0 amide bonds. The van der Waals surface area contributed by atoms with Gasteiger partial charge in [-0.1, -0.05) is 38.5 Å². The van der Waals surface area contributed by atoms with Gasteiger partial charge in [-0.25, -0.2) is 4.98 Å². The van der Waals surface area contributed by atoms with Crippen LogP contribution in [0.3, 0.4) is 0 Å². The predicted molar refractivity (Wildman–Crippen MR) is 85.1 cm³/mol. The molecule has 104 valence electrons. The van der Waals surface area contributed by atoms with E-state index in [2.05, 4.69) is 29.9 Å². The first-order valence-corrected chi connectivity index (χ1v) is 6.98. The summed E-state index contributed by atoms with van der Waals surface area (Å²) in [6.07, 6.45) is 10.3. The number of aromatic nitrogens is 1. The van der Waals surface area contributed by atoms with Gasteiger partial charge in [0.1, 0.15) is 5.82 Å². The van der Waals surface area contributed by atoms with Gasteiger partial charge in [-0.3, -0.25) is 0 Å². The molecule has 0 saturated carbocycles. The summed E-state index contributed by atoms with van der Waals surface area (Å²) in [5.74, 6) is 0.551. The van der Waals surface area contributed by atoms with E-state index in [1.165, 1.54) is 19.3 Å². The molecule has 0 aliphatic carbocycles. The van der Waals surface area contributed by atoms with Crippen molar-refractivity contribution in [2.45, 2.75) is 39.5 Å². The van der Waals surface area contributed by atoms with Crippen LogP contribution in [-0.2, 0) is 0 Å². The maximum Gasteiger partial charge on any atom is 0.132 e. The van der Waals surface area contributed by atoms with E-state index in [0.717, 1.165) is 29.8 Å². The van der Waals surface area contributed by atoms with Crippen molar-refractivity contribution < 1.29 is 0 Å². The molecule has 0 radical (unpaired) electrons. The van der Waals surface area contributed by atoms with Gasteiger partial charge in [0.05, 0.1) is 0 Å². The number of rotatable bonds is 8. The van der Waals surface area contributed by atoms with Crippen molar-refractivity contribution in [1.29, 1.82) is 0 Å². The molecule has 0 unspecified atom stereocenters. The van der Waals surface area contributed by atoms with Gasteiger partial charge in [0.25, 0.3) is 0 Å². The van der Waals surface area contributed by atoms with Gasteiger partial charge in [-0.15, -0.1) is 0 Å². The molecule has 3 nitrogen and oxygen atoms in total. The fourth-order valence-corrected chi connectivity index (χ4v) is 1.96. The molecule has 0 aliphatic rings. The lowest BCUT2D eigenvalue weighted by Gasteiger charge is -2.14. The first kappa shape index (κ1) is 15.3. The van der Waals surface area contributed by atoms with Crippen LogP contribution < -0.4 is 11.1 Å². The number of unbranched alkanes of at least 4 members (excludes halogenated alkanes) is 2. The lowest BCUT2D eigenvalue weighted by molar-refractivity contribution is 0.743. The fraction of sp³-hybridized carbons (Fsp3) is 0.438. The van der Waals surface area contributed by atoms with Crippen LogP contribution in [0.2, 0.25) is 0 Å². The second kappa shape index (κ2) is 8.35. The van der Waals surface area contributed by atoms with Gasteiger partial charge in [0.2, 0.25) is 0 Å². The molecule has 0 aliphatic heterocycles. The molecule has 0 saturated heterocycles. The number of nitrogens with zero attached hydrogens (tertiary/aromatic N) is 1. The molecule has 1 aromatic heterocycles. The van der Waals surface area contributed by atoms with Crippen molar-refractivity contribution in [2.75, 3.05) is 17.6 Å². The number of nitrogen functional groups attached to an aromatic ring is 1. The van der Waals surface area contributed by atoms with Crippen LogP contribution in [0, 0.1) is 0 Å². The summed E-state index contributed by atoms with van der Waals surface area (Å²) in [6.45, 7) is 9.28. The maximum atomic E-state index is 5.99. The molecule has 1 rings (SSSR count). The Kier molecular flexibility index (Phi) is 6.72. The van der Waals surface area contributed by atoms with E-state index >= 15 is 0 Å². The van der Waals surface area contributed by atoms with Gasteiger partial charge in [0, 0.05) is 24.0 Å². The Balaban J connectivity index is 2.79. The van der Waals surface area contributed by atoms with Crippen LogP contribution in [0.25, 0.3) is 5.57 Å². The van der Waals surface area contributed by atoms with Gasteiger partial charge in [-0.05, 0) is 31.4 Å². The predicted octanol–water partition coefficient (Wildman–Crippen LogP) is 4.25. The van der Waals surface area contributed by atoms with Crippen molar-refractivity contribution in [3.8, 4) is 0 Å². The summed E-state index contributed by atoms with van der Waals surface area (Å²) in [5, 5.41) is 3.44. The number of hydrogen-bond donors (Lipinski definition) is 2. The Labute approximate surface area is 116 Å². The summed E-state index contributed by atoms with van der Waals surface area (Å²) in [7, 11) is 0. The van der Waals surface area contributed by atoms with Crippen molar-refractivity contribution in [1.82, 2.24) is 4.98 Å². The Hall–Kier alpha value is -1.77. The number of nitrogens with one attached hydrogen (secondary N) is 1. The smallest absolute Gasteiger partial charge is 0.132 e. The van der Waals surface area contributed by atoms with Crippen molar-refractivity contribution >= 4 is 17.1 Å². The summed E-state index contributed by atoms with van der Waals surface area (Å²) < 4.78 is 0. The fourth-order valence-electron chi connectivity index (χ4n) is 1.96. The number of anilines is 2. The molecule has 1 heterocycles. The number of nitrogens with two attached hydrogens (primary N) is 1.